The van der Waals surface area contributed by atoms with Crippen LogP contribution in [-0.2, 0) is 0 Å². The molecule has 30 heavy (non-hydrogen) atoms. The van der Waals surface area contributed by atoms with E-state index in [9.17, 15) is 10.2 Å². The van der Waals surface area contributed by atoms with E-state index >= 15 is 0 Å². The summed E-state index contributed by atoms with van der Waals surface area (Å²) in [6.07, 6.45) is 11.2. The molecule has 0 aliphatic carbocycles. The molecule has 0 aromatic carbocycles. The fraction of sp³-hybridized carbons (Fsp3) is 0.429. The second-order valence-electron chi connectivity index (χ2n) is 7.74. The SMILES string of the molecule is CC(C)CC(C)n1cc(-c2nc(C(C=NC(CO)CO)=CN)cn3nccc23)cn1. The topological polar surface area (TPSA) is 127 Å². The van der Waals surface area contributed by atoms with Crippen molar-refractivity contribution >= 4 is 17.3 Å². The van der Waals surface area contributed by atoms with E-state index in [-0.39, 0.29) is 19.3 Å². The molecule has 3 aromatic rings. The highest BCUT2D eigenvalue weighted by Crippen LogP contribution is 2.26. The second-order valence-corrected chi connectivity index (χ2v) is 7.74. The van der Waals surface area contributed by atoms with Gasteiger partial charge in [0, 0.05) is 35.8 Å². The van der Waals surface area contributed by atoms with Gasteiger partial charge in [0.2, 0.25) is 0 Å². The van der Waals surface area contributed by atoms with Gasteiger partial charge >= 0.3 is 0 Å². The summed E-state index contributed by atoms with van der Waals surface area (Å²) in [6.45, 7) is 6.04. The lowest BCUT2D eigenvalue weighted by Crippen LogP contribution is -2.15. The standard InChI is InChI=1S/C21H29N7O2/c1-14(2)6-15(3)27-10-17(9-25-27)21-20-4-5-24-28(20)11-19(26-21)16(7-22)8-23-18(12-29)13-30/h4-5,7-11,14-15,18,29-30H,6,12-13,22H2,1-3H3. The summed E-state index contributed by atoms with van der Waals surface area (Å²) in [5, 5.41) is 27.3. The summed E-state index contributed by atoms with van der Waals surface area (Å²) in [6, 6.07) is 1.58. The highest BCUT2D eigenvalue weighted by atomic mass is 16.3. The smallest absolute Gasteiger partial charge is 0.0999 e. The number of aliphatic hydroxyl groups excluding tert-OH is 2. The van der Waals surface area contributed by atoms with E-state index in [1.165, 1.54) is 12.4 Å². The van der Waals surface area contributed by atoms with Crippen LogP contribution in [0.5, 0.6) is 0 Å². The minimum absolute atomic E-state index is 0.254. The summed E-state index contributed by atoms with van der Waals surface area (Å²) in [4.78, 5) is 8.97. The summed E-state index contributed by atoms with van der Waals surface area (Å²) in [5.41, 5.74) is 9.41. The number of nitrogens with zero attached hydrogens (tertiary/aromatic N) is 6. The van der Waals surface area contributed by atoms with Crippen molar-refractivity contribution in [3.05, 3.63) is 42.7 Å². The van der Waals surface area contributed by atoms with E-state index in [2.05, 4.69) is 36.0 Å². The summed E-state index contributed by atoms with van der Waals surface area (Å²) in [7, 11) is 0. The van der Waals surface area contributed by atoms with Gasteiger partial charge in [0.15, 0.2) is 0 Å². The molecule has 0 radical (unpaired) electrons. The highest BCUT2D eigenvalue weighted by molar-refractivity contribution is 6.09. The predicted molar refractivity (Wildman–Crippen MR) is 117 cm³/mol. The third-order valence-electron chi connectivity index (χ3n) is 4.85. The van der Waals surface area contributed by atoms with Gasteiger partial charge in [-0.1, -0.05) is 13.8 Å². The average Bonchev–Trinajstić information content (AvgIpc) is 3.39. The molecule has 0 saturated heterocycles. The van der Waals surface area contributed by atoms with Crippen LogP contribution in [0.1, 0.15) is 38.9 Å². The zero-order valence-electron chi connectivity index (χ0n) is 17.5. The van der Waals surface area contributed by atoms with Crippen molar-refractivity contribution < 1.29 is 10.2 Å². The summed E-state index contributed by atoms with van der Waals surface area (Å²) >= 11 is 0. The van der Waals surface area contributed by atoms with Crippen LogP contribution in [0.2, 0.25) is 0 Å². The van der Waals surface area contributed by atoms with Crippen LogP contribution in [-0.4, -0.2) is 60.1 Å². The molecule has 1 unspecified atom stereocenters. The molecule has 4 N–H and O–H groups in total. The van der Waals surface area contributed by atoms with Gasteiger partial charge in [-0.3, -0.25) is 9.67 Å². The fourth-order valence-corrected chi connectivity index (χ4v) is 3.30. The molecular weight excluding hydrogens is 382 g/mol. The second kappa shape index (κ2) is 9.64. The number of aliphatic hydroxyl groups is 2. The van der Waals surface area contributed by atoms with Crippen molar-refractivity contribution in [3.63, 3.8) is 0 Å². The predicted octanol–water partition coefficient (Wildman–Crippen LogP) is 1.92. The van der Waals surface area contributed by atoms with Gasteiger partial charge in [-0.2, -0.15) is 10.2 Å². The number of rotatable bonds is 9. The minimum atomic E-state index is -0.603. The van der Waals surface area contributed by atoms with E-state index in [1.807, 2.05) is 23.1 Å². The van der Waals surface area contributed by atoms with E-state index in [0.29, 0.717) is 17.2 Å². The number of allylic oxidation sites excluding steroid dienone is 1. The largest absolute Gasteiger partial charge is 0.404 e. The first kappa shape index (κ1) is 21.7. The molecule has 0 amide bonds. The van der Waals surface area contributed by atoms with E-state index in [4.69, 9.17) is 10.7 Å². The van der Waals surface area contributed by atoms with E-state index < -0.39 is 6.04 Å². The van der Waals surface area contributed by atoms with Crippen LogP contribution in [0.3, 0.4) is 0 Å². The van der Waals surface area contributed by atoms with Crippen LogP contribution < -0.4 is 5.73 Å². The van der Waals surface area contributed by atoms with Gasteiger partial charge in [0.25, 0.3) is 0 Å². The number of fused-ring (bicyclic) bond motifs is 1. The Bertz CT molecular complexity index is 1030. The molecule has 9 nitrogen and oxygen atoms in total. The van der Waals surface area contributed by atoms with Crippen LogP contribution in [0.4, 0.5) is 0 Å². The molecule has 0 fully saturated rings. The number of aliphatic imine (C=N–C) groups is 1. The van der Waals surface area contributed by atoms with Crippen LogP contribution in [0, 0.1) is 5.92 Å². The maximum absolute atomic E-state index is 9.23. The fourth-order valence-electron chi connectivity index (χ4n) is 3.30. The van der Waals surface area contributed by atoms with Crippen molar-refractivity contribution in [2.24, 2.45) is 16.6 Å². The lowest BCUT2D eigenvalue weighted by molar-refractivity contribution is 0.196. The zero-order chi connectivity index (χ0) is 21.7. The monoisotopic (exact) mass is 411 g/mol. The first-order valence-corrected chi connectivity index (χ1v) is 10.0. The average molecular weight is 412 g/mol. The number of aromatic nitrogens is 5. The van der Waals surface area contributed by atoms with Crippen LogP contribution in [0.25, 0.3) is 22.3 Å². The molecular formula is C21H29N7O2. The molecule has 3 aromatic heterocycles. The highest BCUT2D eigenvalue weighted by Gasteiger charge is 2.15. The lowest BCUT2D eigenvalue weighted by atomic mass is 10.1. The van der Waals surface area contributed by atoms with Crippen molar-refractivity contribution in [1.82, 2.24) is 24.4 Å². The van der Waals surface area contributed by atoms with Gasteiger partial charge in [-0.25, -0.2) is 9.50 Å². The van der Waals surface area contributed by atoms with Crippen molar-refractivity contribution in [3.8, 4) is 11.3 Å². The number of nitrogens with two attached hydrogens (primary N) is 1. The Morgan fingerprint density at radius 1 is 1.20 bits per heavy atom. The Kier molecular flexibility index (Phi) is 6.96. The zero-order valence-corrected chi connectivity index (χ0v) is 17.5. The van der Waals surface area contributed by atoms with Crippen molar-refractivity contribution in [1.29, 1.82) is 0 Å². The van der Waals surface area contributed by atoms with E-state index in [1.54, 1.807) is 16.9 Å². The molecule has 0 spiro atoms. The van der Waals surface area contributed by atoms with Crippen molar-refractivity contribution in [2.45, 2.75) is 39.3 Å². The van der Waals surface area contributed by atoms with Gasteiger partial charge < -0.3 is 15.9 Å². The third-order valence-corrected chi connectivity index (χ3v) is 4.85. The molecule has 0 aliphatic rings. The van der Waals surface area contributed by atoms with Gasteiger partial charge in [-0.05, 0) is 25.3 Å². The Morgan fingerprint density at radius 2 is 1.97 bits per heavy atom. The molecule has 160 valence electrons. The Balaban J connectivity index is 2.00. The summed E-state index contributed by atoms with van der Waals surface area (Å²) in [5.74, 6) is 0.578. The maximum atomic E-state index is 9.23. The molecule has 9 heteroatoms. The van der Waals surface area contributed by atoms with Crippen LogP contribution >= 0.6 is 0 Å². The normalized spacial score (nSPS) is 13.9. The summed E-state index contributed by atoms with van der Waals surface area (Å²) < 4.78 is 3.70. The van der Waals surface area contributed by atoms with Gasteiger partial charge in [0.05, 0.1) is 54.8 Å². The molecule has 1 atom stereocenters. The number of hydrogen-bond acceptors (Lipinski definition) is 7. The Labute approximate surface area is 175 Å². The third kappa shape index (κ3) is 4.74. The molecule has 3 heterocycles. The number of hydrogen-bond donors (Lipinski definition) is 3. The Morgan fingerprint density at radius 3 is 2.63 bits per heavy atom. The first-order valence-electron chi connectivity index (χ1n) is 10.0. The van der Waals surface area contributed by atoms with Gasteiger partial charge in [-0.15, -0.1) is 0 Å². The maximum Gasteiger partial charge on any atom is 0.0999 e. The van der Waals surface area contributed by atoms with E-state index in [0.717, 1.165) is 23.2 Å². The molecule has 0 saturated carbocycles. The minimum Gasteiger partial charge on any atom is -0.404 e. The first-order chi connectivity index (χ1) is 14.5. The van der Waals surface area contributed by atoms with Gasteiger partial charge in [0.1, 0.15) is 0 Å². The molecule has 0 aliphatic heterocycles. The molecule has 3 rings (SSSR count). The molecule has 0 bridgehead atoms. The Hall–Kier alpha value is -3.04. The van der Waals surface area contributed by atoms with Crippen LogP contribution in [0.15, 0.2) is 42.0 Å². The quantitative estimate of drug-likeness (QED) is 0.462. The lowest BCUT2D eigenvalue weighted by Gasteiger charge is -2.14. The van der Waals surface area contributed by atoms with Crippen molar-refractivity contribution in [2.75, 3.05) is 13.2 Å².